The molecule has 1 aliphatic heterocycles. The first-order chi connectivity index (χ1) is 14.8. The Kier molecular flexibility index (Phi) is 5.80. The van der Waals surface area contributed by atoms with E-state index in [1.54, 1.807) is 17.0 Å². The van der Waals surface area contributed by atoms with Gasteiger partial charge in [0.2, 0.25) is 0 Å². The number of carbonyl (C=O) groups is 2. The number of benzene rings is 2. The molecule has 1 saturated carbocycles. The summed E-state index contributed by atoms with van der Waals surface area (Å²) >= 11 is 6.17. The molecule has 0 spiro atoms. The molecule has 4 rings (SSSR count). The quantitative estimate of drug-likeness (QED) is 0.380. The summed E-state index contributed by atoms with van der Waals surface area (Å²) in [6.45, 7) is 3.77. The molecule has 0 aromatic heterocycles. The molecule has 1 atom stereocenters. The van der Waals surface area contributed by atoms with Crippen LogP contribution in [0.4, 0.5) is 0 Å². The molecule has 1 unspecified atom stereocenters. The van der Waals surface area contributed by atoms with Crippen LogP contribution in [-0.2, 0) is 9.59 Å². The topological polar surface area (TPSA) is 77.8 Å². The number of phenols is 1. The van der Waals surface area contributed by atoms with Crippen LogP contribution in [0.15, 0.2) is 42.0 Å². The molecule has 1 saturated heterocycles. The van der Waals surface area contributed by atoms with Gasteiger partial charge in [0.1, 0.15) is 11.5 Å². The predicted molar refractivity (Wildman–Crippen MR) is 120 cm³/mol. The van der Waals surface area contributed by atoms with E-state index >= 15 is 0 Å². The predicted octanol–water partition coefficient (Wildman–Crippen LogP) is 5.42. The molecule has 1 heterocycles. The van der Waals surface area contributed by atoms with Gasteiger partial charge in [-0.25, -0.2) is 0 Å². The van der Waals surface area contributed by atoms with Crippen molar-refractivity contribution in [2.75, 3.05) is 0 Å². The molecular formula is C25H26ClNO4. The van der Waals surface area contributed by atoms with Crippen molar-refractivity contribution in [2.45, 2.75) is 58.0 Å². The maximum Gasteiger partial charge on any atom is 0.295 e. The van der Waals surface area contributed by atoms with E-state index in [4.69, 9.17) is 11.6 Å². The molecule has 2 aromatic carbocycles. The van der Waals surface area contributed by atoms with Crippen molar-refractivity contribution in [2.24, 2.45) is 0 Å². The summed E-state index contributed by atoms with van der Waals surface area (Å²) < 4.78 is 0. The van der Waals surface area contributed by atoms with Crippen LogP contribution in [0.3, 0.4) is 0 Å². The monoisotopic (exact) mass is 439 g/mol. The van der Waals surface area contributed by atoms with E-state index in [0.29, 0.717) is 11.1 Å². The van der Waals surface area contributed by atoms with E-state index < -0.39 is 17.7 Å². The number of hydrogen-bond donors (Lipinski definition) is 2. The SMILES string of the molecule is Cc1ccc(C)c(/C(O)=C2\C(=O)C(=O)N(C3CCCCC3)C2c2ccc(O)c(Cl)c2)c1. The zero-order valence-electron chi connectivity index (χ0n) is 17.7. The number of aryl methyl sites for hydroxylation is 2. The summed E-state index contributed by atoms with van der Waals surface area (Å²) in [5, 5.41) is 21.3. The molecule has 6 heteroatoms. The second-order valence-electron chi connectivity index (χ2n) is 8.53. The van der Waals surface area contributed by atoms with Crippen LogP contribution in [-0.4, -0.2) is 32.8 Å². The number of Topliss-reactive ketones (excluding diaryl/α,β-unsaturated/α-hetero) is 1. The molecule has 0 bridgehead atoms. The largest absolute Gasteiger partial charge is 0.507 e. The van der Waals surface area contributed by atoms with Gasteiger partial charge in [-0.3, -0.25) is 9.59 Å². The summed E-state index contributed by atoms with van der Waals surface area (Å²) in [4.78, 5) is 28.0. The van der Waals surface area contributed by atoms with E-state index in [1.165, 1.54) is 6.07 Å². The second-order valence-corrected chi connectivity index (χ2v) is 8.93. The minimum Gasteiger partial charge on any atom is -0.507 e. The first-order valence-electron chi connectivity index (χ1n) is 10.7. The fraction of sp³-hybridized carbons (Fsp3) is 0.360. The molecular weight excluding hydrogens is 414 g/mol. The summed E-state index contributed by atoms with van der Waals surface area (Å²) in [5.74, 6) is -1.52. The number of nitrogens with zero attached hydrogens (tertiary/aromatic N) is 1. The number of likely N-dealkylation sites (tertiary alicyclic amines) is 1. The Morgan fingerprint density at radius 2 is 1.74 bits per heavy atom. The maximum atomic E-state index is 13.2. The van der Waals surface area contributed by atoms with E-state index in [9.17, 15) is 19.8 Å². The highest BCUT2D eigenvalue weighted by Crippen LogP contribution is 2.44. The maximum absolute atomic E-state index is 13.2. The summed E-state index contributed by atoms with van der Waals surface area (Å²) in [6.07, 6.45) is 4.73. The Bertz CT molecular complexity index is 1080. The number of halogens is 1. The number of phenolic OH excluding ortho intramolecular Hbond substituents is 1. The second kappa shape index (κ2) is 8.39. The lowest BCUT2D eigenvalue weighted by Gasteiger charge is -2.35. The molecule has 2 N–H and O–H groups in total. The number of carbonyl (C=O) groups excluding carboxylic acids is 2. The van der Waals surface area contributed by atoms with Crippen LogP contribution in [0.5, 0.6) is 5.75 Å². The van der Waals surface area contributed by atoms with Crippen LogP contribution < -0.4 is 0 Å². The summed E-state index contributed by atoms with van der Waals surface area (Å²) in [6, 6.07) is 9.49. The van der Waals surface area contributed by atoms with Crippen LogP contribution in [0, 0.1) is 13.8 Å². The number of hydrogen-bond acceptors (Lipinski definition) is 4. The fourth-order valence-corrected chi connectivity index (χ4v) is 4.93. The molecule has 162 valence electrons. The molecule has 2 aromatic rings. The Balaban J connectivity index is 1.93. The minimum atomic E-state index is -0.749. The third-order valence-corrected chi connectivity index (χ3v) is 6.69. The van der Waals surface area contributed by atoms with E-state index in [1.807, 2.05) is 32.0 Å². The lowest BCUT2D eigenvalue weighted by atomic mass is 9.90. The normalized spacial score (nSPS) is 21.6. The van der Waals surface area contributed by atoms with E-state index in [0.717, 1.165) is 43.2 Å². The Hall–Kier alpha value is -2.79. The van der Waals surface area contributed by atoms with Gasteiger partial charge in [0.05, 0.1) is 16.6 Å². The lowest BCUT2D eigenvalue weighted by Crippen LogP contribution is -2.40. The van der Waals surface area contributed by atoms with Gasteiger partial charge in [-0.05, 0) is 56.0 Å². The average Bonchev–Trinajstić information content (AvgIpc) is 3.02. The standard InChI is InChI=1S/C25H26ClNO4/c1-14-8-9-15(2)18(12-14)23(29)21-22(16-10-11-20(28)19(26)13-16)27(25(31)24(21)30)17-6-4-3-5-7-17/h8-13,17,22,28-29H,3-7H2,1-2H3/b23-21+. The van der Waals surface area contributed by atoms with Gasteiger partial charge in [-0.1, -0.05) is 54.6 Å². The number of aliphatic hydroxyl groups excluding tert-OH is 1. The third kappa shape index (κ3) is 3.83. The molecule has 1 amide bonds. The zero-order valence-corrected chi connectivity index (χ0v) is 18.4. The van der Waals surface area contributed by atoms with Gasteiger partial charge < -0.3 is 15.1 Å². The molecule has 2 fully saturated rings. The van der Waals surface area contributed by atoms with Crippen molar-refractivity contribution in [3.63, 3.8) is 0 Å². The van der Waals surface area contributed by atoms with Gasteiger partial charge in [0, 0.05) is 11.6 Å². The highest BCUT2D eigenvalue weighted by atomic mass is 35.5. The van der Waals surface area contributed by atoms with Crippen molar-refractivity contribution in [3.8, 4) is 5.75 Å². The van der Waals surface area contributed by atoms with Crippen molar-refractivity contribution < 1.29 is 19.8 Å². The van der Waals surface area contributed by atoms with Gasteiger partial charge in [-0.2, -0.15) is 0 Å². The number of ketones is 1. The number of aromatic hydroxyl groups is 1. The van der Waals surface area contributed by atoms with E-state index in [2.05, 4.69) is 0 Å². The average molecular weight is 440 g/mol. The summed E-state index contributed by atoms with van der Waals surface area (Å²) in [5.41, 5.74) is 2.97. The van der Waals surface area contributed by atoms with Gasteiger partial charge in [0.15, 0.2) is 0 Å². The highest BCUT2D eigenvalue weighted by molar-refractivity contribution is 6.46. The first kappa shape index (κ1) is 21.4. The molecule has 2 aliphatic rings. The number of aliphatic hydroxyl groups is 1. The zero-order chi connectivity index (χ0) is 22.3. The van der Waals surface area contributed by atoms with Crippen molar-refractivity contribution in [1.29, 1.82) is 0 Å². The van der Waals surface area contributed by atoms with Crippen LogP contribution >= 0.6 is 11.6 Å². The third-order valence-electron chi connectivity index (χ3n) is 6.38. The highest BCUT2D eigenvalue weighted by Gasteiger charge is 2.49. The van der Waals surface area contributed by atoms with Crippen molar-refractivity contribution in [3.05, 3.63) is 69.2 Å². The smallest absolute Gasteiger partial charge is 0.295 e. The van der Waals surface area contributed by atoms with Crippen molar-refractivity contribution >= 4 is 29.1 Å². The van der Waals surface area contributed by atoms with Gasteiger partial charge >= 0.3 is 0 Å². The molecule has 1 aliphatic carbocycles. The Labute approximate surface area is 187 Å². The summed E-state index contributed by atoms with van der Waals surface area (Å²) in [7, 11) is 0. The van der Waals surface area contributed by atoms with Gasteiger partial charge in [0.25, 0.3) is 11.7 Å². The fourth-order valence-electron chi connectivity index (χ4n) is 4.74. The lowest BCUT2D eigenvalue weighted by molar-refractivity contribution is -0.141. The molecule has 5 nitrogen and oxygen atoms in total. The first-order valence-corrected chi connectivity index (χ1v) is 11.0. The van der Waals surface area contributed by atoms with Crippen LogP contribution in [0.25, 0.3) is 5.76 Å². The minimum absolute atomic E-state index is 0.0745. The molecule has 0 radical (unpaired) electrons. The molecule has 31 heavy (non-hydrogen) atoms. The van der Waals surface area contributed by atoms with Crippen LogP contribution in [0.2, 0.25) is 5.02 Å². The number of rotatable bonds is 3. The Morgan fingerprint density at radius 1 is 1.03 bits per heavy atom. The van der Waals surface area contributed by atoms with Gasteiger partial charge in [-0.15, -0.1) is 0 Å². The van der Waals surface area contributed by atoms with Crippen LogP contribution in [0.1, 0.15) is 60.4 Å². The van der Waals surface area contributed by atoms with E-state index in [-0.39, 0.29) is 28.1 Å². The van der Waals surface area contributed by atoms with Crippen molar-refractivity contribution in [1.82, 2.24) is 4.90 Å². The Morgan fingerprint density at radius 3 is 2.42 bits per heavy atom. The number of amides is 1.